The van der Waals surface area contributed by atoms with Crippen LogP contribution in [0.4, 0.5) is 35.2 Å². The molecule has 5 rings (SSSR count). The van der Waals surface area contributed by atoms with Gasteiger partial charge in [0.15, 0.2) is 0 Å². The number of carbonyl (C=O) groups excluding carboxylic acids is 1. The van der Waals surface area contributed by atoms with Gasteiger partial charge in [-0.25, -0.2) is 9.78 Å². The summed E-state index contributed by atoms with van der Waals surface area (Å²) in [5.74, 6) is 1.82. The van der Waals surface area contributed by atoms with Gasteiger partial charge >= 0.3 is 12.2 Å². The van der Waals surface area contributed by atoms with Gasteiger partial charge < -0.3 is 25.6 Å². The first-order valence-corrected chi connectivity index (χ1v) is 11.6. The number of amides is 2. The maximum absolute atomic E-state index is 12.9. The molecule has 0 saturated carbocycles. The van der Waals surface area contributed by atoms with Crippen molar-refractivity contribution >= 4 is 34.3 Å². The van der Waals surface area contributed by atoms with Gasteiger partial charge in [-0.3, -0.25) is 4.98 Å². The minimum Gasteiger partial charge on any atom is -0.457 e. The number of hydrogen-bond acceptors (Lipinski definition) is 6. The number of piperazine rings is 1. The van der Waals surface area contributed by atoms with Gasteiger partial charge in [0.25, 0.3) is 0 Å². The molecule has 1 fully saturated rings. The van der Waals surface area contributed by atoms with Gasteiger partial charge in [-0.05, 0) is 42.5 Å². The van der Waals surface area contributed by atoms with Gasteiger partial charge in [0.05, 0.1) is 22.8 Å². The molecule has 1 aromatic heterocycles. The third kappa shape index (κ3) is 6.07. The lowest BCUT2D eigenvalue weighted by atomic mass is 10.2. The summed E-state index contributed by atoms with van der Waals surface area (Å²) >= 11 is 0. The zero-order valence-corrected chi connectivity index (χ0v) is 19.5. The molecule has 8 nitrogen and oxygen atoms in total. The van der Waals surface area contributed by atoms with Crippen LogP contribution in [-0.2, 0) is 6.18 Å². The highest BCUT2D eigenvalue weighted by Crippen LogP contribution is 2.31. The van der Waals surface area contributed by atoms with Gasteiger partial charge in [-0.15, -0.1) is 0 Å². The number of urea groups is 1. The number of halogens is 3. The number of benzene rings is 3. The number of nitrogens with one attached hydrogen (secondary N) is 3. The molecule has 0 radical (unpaired) electrons. The summed E-state index contributed by atoms with van der Waals surface area (Å²) in [5, 5.41) is 8.33. The van der Waals surface area contributed by atoms with Gasteiger partial charge in [0.1, 0.15) is 17.3 Å². The molecule has 3 aromatic carbocycles. The zero-order chi connectivity index (χ0) is 25.8. The van der Waals surface area contributed by atoms with Crippen LogP contribution >= 0.6 is 0 Å². The monoisotopic (exact) mass is 508 g/mol. The Morgan fingerprint density at radius 1 is 0.892 bits per heavy atom. The van der Waals surface area contributed by atoms with Crippen molar-refractivity contribution in [2.75, 3.05) is 41.7 Å². The minimum atomic E-state index is -4.50. The second-order valence-corrected chi connectivity index (χ2v) is 8.40. The van der Waals surface area contributed by atoms with Crippen LogP contribution in [0, 0.1) is 0 Å². The van der Waals surface area contributed by atoms with E-state index in [2.05, 4.69) is 25.8 Å². The Balaban J connectivity index is 1.26. The molecule has 0 spiro atoms. The number of fused-ring (bicyclic) bond motifs is 1. The van der Waals surface area contributed by atoms with Crippen molar-refractivity contribution in [2.45, 2.75) is 6.18 Å². The largest absolute Gasteiger partial charge is 0.457 e. The van der Waals surface area contributed by atoms with E-state index >= 15 is 0 Å². The zero-order valence-electron chi connectivity index (χ0n) is 19.5. The molecule has 4 aromatic rings. The third-order valence-corrected chi connectivity index (χ3v) is 5.72. The van der Waals surface area contributed by atoms with Crippen LogP contribution in [0.25, 0.3) is 11.0 Å². The van der Waals surface area contributed by atoms with Crippen LogP contribution in [0.3, 0.4) is 0 Å². The molecule has 1 aliphatic heterocycles. The van der Waals surface area contributed by atoms with Crippen molar-refractivity contribution < 1.29 is 22.7 Å². The Morgan fingerprint density at radius 3 is 2.35 bits per heavy atom. The summed E-state index contributed by atoms with van der Waals surface area (Å²) in [6.07, 6.45) is -2.73. The second-order valence-electron chi connectivity index (χ2n) is 8.40. The quantitative estimate of drug-likeness (QED) is 0.330. The average molecular weight is 509 g/mol. The standard InChI is InChI=1S/C26H23F3N6O2/c27-26(28,29)17-3-1-4-18(13-17)32-25(36)33-19-5-2-6-20(14-19)37-21-7-8-22-23(15-21)34-24(16-31-22)35-11-9-30-10-12-35/h1-8,13-16,30H,9-12H2,(H2,32,33,36). The third-order valence-electron chi connectivity index (χ3n) is 5.72. The van der Waals surface area contributed by atoms with Crippen molar-refractivity contribution in [3.8, 4) is 11.5 Å². The van der Waals surface area contributed by atoms with Crippen molar-refractivity contribution in [1.82, 2.24) is 15.3 Å². The lowest BCUT2D eigenvalue weighted by molar-refractivity contribution is -0.137. The van der Waals surface area contributed by atoms with Gasteiger partial charge in [0.2, 0.25) is 0 Å². The van der Waals surface area contributed by atoms with Gasteiger partial charge in [-0.2, -0.15) is 13.2 Å². The van der Waals surface area contributed by atoms with Crippen LogP contribution in [0.1, 0.15) is 5.56 Å². The summed E-state index contributed by atoms with van der Waals surface area (Å²) < 4.78 is 44.7. The molecular weight excluding hydrogens is 485 g/mol. The van der Waals surface area contributed by atoms with Crippen molar-refractivity contribution in [3.63, 3.8) is 0 Å². The summed E-state index contributed by atoms with van der Waals surface area (Å²) in [4.78, 5) is 23.8. The highest BCUT2D eigenvalue weighted by molar-refractivity contribution is 5.99. The van der Waals surface area contributed by atoms with Crippen LogP contribution in [0.2, 0.25) is 0 Å². The molecule has 2 amide bonds. The van der Waals surface area contributed by atoms with E-state index in [-0.39, 0.29) is 5.69 Å². The number of anilines is 3. The average Bonchev–Trinajstić information content (AvgIpc) is 2.88. The Kier molecular flexibility index (Phi) is 6.78. The SMILES string of the molecule is O=C(Nc1cccc(Oc2ccc3ncc(N4CCNCC4)nc3c2)c1)Nc1cccc(C(F)(F)F)c1. The predicted octanol–water partition coefficient (Wildman–Crippen LogP) is 5.49. The number of alkyl halides is 3. The lowest BCUT2D eigenvalue weighted by Crippen LogP contribution is -2.43. The Hall–Kier alpha value is -4.38. The maximum atomic E-state index is 12.9. The molecule has 1 saturated heterocycles. The maximum Gasteiger partial charge on any atom is 0.416 e. The number of rotatable bonds is 5. The van der Waals surface area contributed by atoms with E-state index in [4.69, 9.17) is 9.72 Å². The smallest absolute Gasteiger partial charge is 0.416 e. The first kappa shape index (κ1) is 24.3. The van der Waals surface area contributed by atoms with Crippen LogP contribution in [0.5, 0.6) is 11.5 Å². The number of aromatic nitrogens is 2. The van der Waals surface area contributed by atoms with E-state index in [1.165, 1.54) is 12.1 Å². The molecule has 190 valence electrons. The molecule has 0 atom stereocenters. The van der Waals surface area contributed by atoms with Crippen molar-refractivity contribution in [3.05, 3.63) is 78.5 Å². The van der Waals surface area contributed by atoms with E-state index in [1.807, 2.05) is 6.07 Å². The van der Waals surface area contributed by atoms with Gasteiger partial charge in [-0.1, -0.05) is 12.1 Å². The van der Waals surface area contributed by atoms with E-state index < -0.39 is 17.8 Å². The number of ether oxygens (including phenoxy) is 1. The second kappa shape index (κ2) is 10.3. The van der Waals surface area contributed by atoms with Crippen LogP contribution in [0.15, 0.2) is 72.9 Å². The molecule has 0 unspecified atom stereocenters. The fraction of sp³-hybridized carbons (Fsp3) is 0.192. The summed E-state index contributed by atoms with van der Waals surface area (Å²) in [6.45, 7) is 3.51. The molecule has 2 heterocycles. The molecule has 3 N–H and O–H groups in total. The molecule has 0 aliphatic carbocycles. The van der Waals surface area contributed by atoms with Crippen LogP contribution < -0.4 is 25.6 Å². The summed E-state index contributed by atoms with van der Waals surface area (Å²) in [5.41, 5.74) is 1.03. The normalized spacial score (nSPS) is 13.9. The Morgan fingerprint density at radius 2 is 1.59 bits per heavy atom. The fourth-order valence-electron chi connectivity index (χ4n) is 3.93. The number of carbonyl (C=O) groups is 1. The molecule has 0 bridgehead atoms. The highest BCUT2D eigenvalue weighted by Gasteiger charge is 2.30. The molecule has 37 heavy (non-hydrogen) atoms. The Labute approximate surface area is 210 Å². The summed E-state index contributed by atoms with van der Waals surface area (Å²) in [6, 6.07) is 15.8. The lowest BCUT2D eigenvalue weighted by Gasteiger charge is -2.28. The van der Waals surface area contributed by atoms with E-state index in [1.54, 1.807) is 42.6 Å². The number of nitrogens with zero attached hydrogens (tertiary/aromatic N) is 3. The first-order chi connectivity index (χ1) is 17.8. The molecule has 11 heteroatoms. The highest BCUT2D eigenvalue weighted by atomic mass is 19.4. The minimum absolute atomic E-state index is 0.0252. The van der Waals surface area contributed by atoms with Crippen molar-refractivity contribution in [1.29, 1.82) is 0 Å². The van der Waals surface area contributed by atoms with Gasteiger partial charge in [0, 0.05) is 49.7 Å². The van der Waals surface area contributed by atoms with Crippen LogP contribution in [-0.4, -0.2) is 42.2 Å². The summed E-state index contributed by atoms with van der Waals surface area (Å²) in [7, 11) is 0. The topological polar surface area (TPSA) is 91.4 Å². The van der Waals surface area contributed by atoms with E-state index in [0.29, 0.717) is 22.7 Å². The Bertz CT molecular complexity index is 1420. The number of hydrogen-bond donors (Lipinski definition) is 3. The molecule has 1 aliphatic rings. The fourth-order valence-corrected chi connectivity index (χ4v) is 3.93. The first-order valence-electron chi connectivity index (χ1n) is 11.6. The van der Waals surface area contributed by atoms with E-state index in [0.717, 1.165) is 49.6 Å². The predicted molar refractivity (Wildman–Crippen MR) is 135 cm³/mol. The van der Waals surface area contributed by atoms with E-state index in [9.17, 15) is 18.0 Å². The molecular formula is C26H23F3N6O2. The van der Waals surface area contributed by atoms with Crippen molar-refractivity contribution in [2.24, 2.45) is 0 Å².